The zero-order valence-corrected chi connectivity index (χ0v) is 19.9. The summed E-state index contributed by atoms with van der Waals surface area (Å²) < 4.78 is 13.3. The normalized spacial score (nSPS) is 10.9. The molecule has 0 aliphatic rings. The number of nitrogens with zero attached hydrogens (tertiary/aromatic N) is 4. The Hall–Kier alpha value is -2.04. The van der Waals surface area contributed by atoms with E-state index in [1.165, 1.54) is 5.56 Å². The summed E-state index contributed by atoms with van der Waals surface area (Å²) >= 11 is 0. The van der Waals surface area contributed by atoms with Crippen LogP contribution in [-0.2, 0) is 13.0 Å². The number of benzene rings is 1. The van der Waals surface area contributed by atoms with Crippen molar-refractivity contribution in [1.82, 2.24) is 25.4 Å². The Balaban J connectivity index is 0.00000420. The van der Waals surface area contributed by atoms with Crippen molar-refractivity contribution in [3.8, 4) is 11.5 Å². The topological polar surface area (TPSA) is 85.6 Å². The smallest absolute Gasteiger partial charge is 0.190 e. The molecule has 162 valence electrons. The van der Waals surface area contributed by atoms with Gasteiger partial charge in [0.15, 0.2) is 17.5 Å². The van der Waals surface area contributed by atoms with Crippen molar-refractivity contribution in [2.24, 2.45) is 4.99 Å². The largest absolute Gasteiger partial charge is 0.490 e. The van der Waals surface area contributed by atoms with E-state index in [2.05, 4.69) is 38.0 Å². The van der Waals surface area contributed by atoms with E-state index < -0.39 is 0 Å². The van der Waals surface area contributed by atoms with Gasteiger partial charge in [-0.3, -0.25) is 4.99 Å². The maximum Gasteiger partial charge on any atom is 0.190 e. The van der Waals surface area contributed by atoms with E-state index in [0.717, 1.165) is 56.4 Å². The molecular weight excluding hydrogens is 483 g/mol. The van der Waals surface area contributed by atoms with Crippen LogP contribution in [0.5, 0.6) is 11.5 Å². The average Bonchev–Trinajstić information content (AvgIpc) is 3.22. The SMILES string of the molecule is CCOc1ccc(CCNC(=NC)NCCCCn2cnnc2)cc1OCC.I. The van der Waals surface area contributed by atoms with Gasteiger partial charge in [-0.05, 0) is 50.8 Å². The standard InChI is InChI=1S/C20H32N6O2.HI/c1-4-27-18-9-8-17(14-19(18)28-5-2)10-12-23-20(21-3)22-11-6-7-13-26-15-24-25-16-26;/h8-9,14-16H,4-7,10-13H2,1-3H3,(H2,21,22,23);1H. The lowest BCUT2D eigenvalue weighted by Gasteiger charge is -2.14. The summed E-state index contributed by atoms with van der Waals surface area (Å²) in [5.74, 6) is 2.42. The number of halogens is 1. The summed E-state index contributed by atoms with van der Waals surface area (Å²) in [6, 6.07) is 6.11. The Labute approximate surface area is 190 Å². The van der Waals surface area contributed by atoms with Crippen LogP contribution in [0.4, 0.5) is 0 Å². The molecule has 9 heteroatoms. The molecule has 2 aromatic rings. The quantitative estimate of drug-likeness (QED) is 0.195. The number of hydrogen-bond donors (Lipinski definition) is 2. The van der Waals surface area contributed by atoms with E-state index in [1.807, 2.05) is 24.5 Å². The molecule has 2 N–H and O–H groups in total. The fourth-order valence-electron chi connectivity index (χ4n) is 2.76. The second kappa shape index (κ2) is 14.9. The molecule has 1 aromatic carbocycles. The average molecular weight is 516 g/mol. The predicted octanol–water partition coefficient (Wildman–Crippen LogP) is 2.88. The number of nitrogens with one attached hydrogen (secondary N) is 2. The van der Waals surface area contributed by atoms with Crippen molar-refractivity contribution >= 4 is 29.9 Å². The summed E-state index contributed by atoms with van der Waals surface area (Å²) in [6.45, 7) is 7.80. The van der Waals surface area contributed by atoms with Gasteiger partial charge in [0.25, 0.3) is 0 Å². The van der Waals surface area contributed by atoms with E-state index >= 15 is 0 Å². The predicted molar refractivity (Wildman–Crippen MR) is 127 cm³/mol. The lowest BCUT2D eigenvalue weighted by atomic mass is 10.1. The lowest BCUT2D eigenvalue weighted by Crippen LogP contribution is -2.38. The van der Waals surface area contributed by atoms with Gasteiger partial charge >= 0.3 is 0 Å². The Morgan fingerprint density at radius 1 is 1.00 bits per heavy atom. The van der Waals surface area contributed by atoms with Crippen LogP contribution in [0.2, 0.25) is 0 Å². The maximum absolute atomic E-state index is 5.69. The van der Waals surface area contributed by atoms with Crippen molar-refractivity contribution in [3.05, 3.63) is 36.4 Å². The molecule has 0 aliphatic carbocycles. The van der Waals surface area contributed by atoms with Gasteiger partial charge < -0.3 is 24.7 Å². The minimum absolute atomic E-state index is 0. The molecule has 0 unspecified atom stereocenters. The fraction of sp³-hybridized carbons (Fsp3) is 0.550. The molecule has 8 nitrogen and oxygen atoms in total. The number of aryl methyl sites for hydroxylation is 1. The molecule has 1 heterocycles. The molecule has 2 rings (SSSR count). The third-order valence-electron chi connectivity index (χ3n) is 4.14. The minimum Gasteiger partial charge on any atom is -0.490 e. The minimum atomic E-state index is 0. The van der Waals surface area contributed by atoms with E-state index in [-0.39, 0.29) is 24.0 Å². The Bertz CT molecular complexity index is 709. The fourth-order valence-corrected chi connectivity index (χ4v) is 2.76. The molecule has 0 fully saturated rings. The monoisotopic (exact) mass is 516 g/mol. The summed E-state index contributed by atoms with van der Waals surface area (Å²) in [5.41, 5.74) is 1.20. The highest BCUT2D eigenvalue weighted by Crippen LogP contribution is 2.28. The number of aliphatic imine (C=N–C) groups is 1. The molecule has 0 spiro atoms. The number of guanidine groups is 1. The van der Waals surface area contributed by atoms with Crippen molar-refractivity contribution < 1.29 is 9.47 Å². The molecule has 0 radical (unpaired) electrons. The Morgan fingerprint density at radius 2 is 1.69 bits per heavy atom. The van der Waals surface area contributed by atoms with E-state index in [9.17, 15) is 0 Å². The van der Waals surface area contributed by atoms with Crippen molar-refractivity contribution in [3.63, 3.8) is 0 Å². The van der Waals surface area contributed by atoms with Gasteiger partial charge in [0, 0.05) is 26.7 Å². The first-order valence-electron chi connectivity index (χ1n) is 9.92. The first-order valence-corrected chi connectivity index (χ1v) is 9.92. The van der Waals surface area contributed by atoms with Crippen molar-refractivity contribution in [2.75, 3.05) is 33.4 Å². The zero-order valence-electron chi connectivity index (χ0n) is 17.6. The van der Waals surface area contributed by atoms with Crippen LogP contribution >= 0.6 is 24.0 Å². The van der Waals surface area contributed by atoms with Crippen LogP contribution in [0.1, 0.15) is 32.3 Å². The van der Waals surface area contributed by atoms with Crippen LogP contribution < -0.4 is 20.1 Å². The summed E-state index contributed by atoms with van der Waals surface area (Å²) in [7, 11) is 1.79. The number of aromatic nitrogens is 3. The molecule has 0 atom stereocenters. The Kier molecular flexibility index (Phi) is 12.8. The van der Waals surface area contributed by atoms with E-state index in [4.69, 9.17) is 9.47 Å². The highest BCUT2D eigenvalue weighted by atomic mass is 127. The number of unbranched alkanes of at least 4 members (excludes halogenated alkanes) is 1. The van der Waals surface area contributed by atoms with Crippen LogP contribution in [0, 0.1) is 0 Å². The first kappa shape index (κ1) is 25.0. The van der Waals surface area contributed by atoms with Crippen molar-refractivity contribution in [2.45, 2.75) is 39.7 Å². The zero-order chi connectivity index (χ0) is 20.0. The van der Waals surface area contributed by atoms with Gasteiger partial charge in [-0.2, -0.15) is 0 Å². The third-order valence-corrected chi connectivity index (χ3v) is 4.14. The molecular formula is C20H33IN6O2. The third kappa shape index (κ3) is 9.33. The van der Waals surface area contributed by atoms with Gasteiger partial charge in [-0.15, -0.1) is 34.2 Å². The van der Waals surface area contributed by atoms with Gasteiger partial charge in [-0.1, -0.05) is 6.07 Å². The first-order chi connectivity index (χ1) is 13.8. The highest BCUT2D eigenvalue weighted by Gasteiger charge is 2.06. The Morgan fingerprint density at radius 3 is 2.38 bits per heavy atom. The highest BCUT2D eigenvalue weighted by molar-refractivity contribution is 14.0. The van der Waals surface area contributed by atoms with Crippen LogP contribution in [0.15, 0.2) is 35.8 Å². The molecule has 0 saturated heterocycles. The molecule has 1 aromatic heterocycles. The second-order valence-corrected chi connectivity index (χ2v) is 6.23. The van der Waals surface area contributed by atoms with Gasteiger partial charge in [0.1, 0.15) is 12.7 Å². The molecule has 0 amide bonds. The number of rotatable bonds is 12. The molecule has 0 bridgehead atoms. The molecule has 29 heavy (non-hydrogen) atoms. The van der Waals surface area contributed by atoms with Gasteiger partial charge in [-0.25, -0.2) is 0 Å². The second-order valence-electron chi connectivity index (χ2n) is 6.23. The number of hydrogen-bond acceptors (Lipinski definition) is 5. The van der Waals surface area contributed by atoms with Gasteiger partial charge in [0.2, 0.25) is 0 Å². The molecule has 0 aliphatic heterocycles. The summed E-state index contributed by atoms with van der Waals surface area (Å²) in [6.07, 6.45) is 6.47. The maximum atomic E-state index is 5.69. The van der Waals surface area contributed by atoms with Crippen LogP contribution in [0.25, 0.3) is 0 Å². The van der Waals surface area contributed by atoms with Crippen LogP contribution in [-0.4, -0.2) is 54.1 Å². The van der Waals surface area contributed by atoms with E-state index in [1.54, 1.807) is 19.7 Å². The van der Waals surface area contributed by atoms with Crippen LogP contribution in [0.3, 0.4) is 0 Å². The lowest BCUT2D eigenvalue weighted by molar-refractivity contribution is 0.287. The van der Waals surface area contributed by atoms with Crippen molar-refractivity contribution in [1.29, 1.82) is 0 Å². The van der Waals surface area contributed by atoms with Gasteiger partial charge in [0.05, 0.1) is 13.2 Å². The molecule has 0 saturated carbocycles. The van der Waals surface area contributed by atoms with E-state index in [0.29, 0.717) is 13.2 Å². The number of ether oxygens (including phenoxy) is 2. The summed E-state index contributed by atoms with van der Waals surface area (Å²) in [4.78, 5) is 4.28. The summed E-state index contributed by atoms with van der Waals surface area (Å²) in [5, 5.41) is 14.3.